The van der Waals surface area contributed by atoms with E-state index >= 15 is 0 Å². The van der Waals surface area contributed by atoms with E-state index in [1.54, 1.807) is 0 Å². The fourth-order valence-corrected chi connectivity index (χ4v) is 10.3. The van der Waals surface area contributed by atoms with Gasteiger partial charge in [-0.15, -0.1) is 0 Å². The fraction of sp³-hybridized carbons (Fsp3) is 0.800. The Hall–Kier alpha value is -3.63. The molecule has 16 heteroatoms. The van der Waals surface area contributed by atoms with Crippen LogP contribution in [0.1, 0.15) is 86.0 Å². The maximum Gasteiger partial charge on any atom is 0.339 e. The number of hydrogen-bond acceptors (Lipinski definition) is 14. The van der Waals surface area contributed by atoms with Crippen LogP contribution in [-0.4, -0.2) is 97.0 Å². The second-order valence-electron chi connectivity index (χ2n) is 15.3. The summed E-state index contributed by atoms with van der Waals surface area (Å²) in [5.74, 6) is -3.07. The quantitative estimate of drug-likeness (QED) is 0.134. The van der Waals surface area contributed by atoms with Crippen LogP contribution in [-0.2, 0) is 52.4 Å². The smallest absolute Gasteiger partial charge is 0.339 e. The van der Waals surface area contributed by atoms with Crippen molar-refractivity contribution in [2.24, 2.45) is 51.3 Å². The van der Waals surface area contributed by atoms with E-state index in [9.17, 15) is 33.9 Å². The zero-order valence-corrected chi connectivity index (χ0v) is 30.1. The first-order valence-corrected chi connectivity index (χ1v) is 17.7. The van der Waals surface area contributed by atoms with Crippen LogP contribution in [0.15, 0.2) is 5.10 Å². The minimum Gasteiger partial charge on any atom is -0.467 e. The second kappa shape index (κ2) is 15.2. The van der Waals surface area contributed by atoms with E-state index < -0.39 is 66.0 Å². The molecule has 4 N–H and O–H groups in total. The van der Waals surface area contributed by atoms with Crippen molar-refractivity contribution in [2.75, 3.05) is 13.7 Å². The van der Waals surface area contributed by atoms with Crippen molar-refractivity contribution in [2.45, 2.75) is 123 Å². The topological polar surface area (TPSA) is 228 Å². The minimum absolute atomic E-state index is 0.0975. The molecule has 5 rings (SSSR count). The van der Waals surface area contributed by atoms with E-state index in [0.717, 1.165) is 60.0 Å². The van der Waals surface area contributed by atoms with Gasteiger partial charge < -0.3 is 39.3 Å². The molecule has 4 aliphatic carbocycles. The Morgan fingerprint density at radius 3 is 2.20 bits per heavy atom. The van der Waals surface area contributed by atoms with Gasteiger partial charge in [-0.05, 0) is 73.5 Å². The third-order valence-electron chi connectivity index (χ3n) is 12.3. The molecule has 1 heterocycles. The molecule has 0 aromatic carbocycles. The van der Waals surface area contributed by atoms with Gasteiger partial charge in [-0.1, -0.05) is 13.8 Å². The molecule has 0 aromatic heterocycles. The number of aliphatic hydroxyl groups excluding tert-OH is 1. The Kier molecular flexibility index (Phi) is 11.5. The van der Waals surface area contributed by atoms with Gasteiger partial charge >= 0.3 is 29.9 Å². The predicted molar refractivity (Wildman–Crippen MR) is 175 cm³/mol. The van der Waals surface area contributed by atoms with Gasteiger partial charge in [0.25, 0.3) is 0 Å². The van der Waals surface area contributed by atoms with Crippen LogP contribution in [0, 0.1) is 40.4 Å². The molecule has 284 valence electrons. The molecule has 1 saturated heterocycles. The van der Waals surface area contributed by atoms with E-state index in [1.807, 2.05) is 0 Å². The average molecular weight is 722 g/mol. The average Bonchev–Trinajstić information content (AvgIpc) is 3.38. The first kappa shape index (κ1) is 38.6. The minimum atomic E-state index is -1.65. The fourth-order valence-electron chi connectivity index (χ4n) is 10.3. The van der Waals surface area contributed by atoms with Crippen LogP contribution in [0.25, 0.3) is 0 Å². The number of esters is 4. The van der Waals surface area contributed by atoms with Crippen LogP contribution in [0.2, 0.25) is 0 Å². The third kappa shape index (κ3) is 7.63. The van der Waals surface area contributed by atoms with Gasteiger partial charge in [0, 0.05) is 39.0 Å². The molecular formula is C35H51N3O13. The number of Topliss-reactive ketones (excluding diaryl/α,β-unsaturated/α-hetero) is 1. The Balaban J connectivity index is 1.44. The molecule has 0 unspecified atom stereocenters. The van der Waals surface area contributed by atoms with Gasteiger partial charge in [-0.3, -0.25) is 19.2 Å². The Labute approximate surface area is 296 Å². The van der Waals surface area contributed by atoms with Gasteiger partial charge in [-0.25, -0.2) is 15.0 Å². The monoisotopic (exact) mass is 721 g/mol. The van der Waals surface area contributed by atoms with Gasteiger partial charge in [-0.2, -0.15) is 5.10 Å². The summed E-state index contributed by atoms with van der Waals surface area (Å²) >= 11 is 0. The number of amides is 2. The Morgan fingerprint density at radius 1 is 0.922 bits per heavy atom. The summed E-state index contributed by atoms with van der Waals surface area (Å²) in [5, 5.41) is 14.8. The number of ketones is 1. The maximum absolute atomic E-state index is 14.2. The Morgan fingerprint density at radius 2 is 1.57 bits per heavy atom. The molecule has 0 radical (unpaired) electrons. The highest BCUT2D eigenvalue weighted by molar-refractivity contribution is 5.92. The number of aliphatic hydroxyl groups is 1. The van der Waals surface area contributed by atoms with E-state index in [2.05, 4.69) is 24.4 Å². The summed E-state index contributed by atoms with van der Waals surface area (Å²) in [5.41, 5.74) is 7.33. The summed E-state index contributed by atoms with van der Waals surface area (Å²) < 4.78 is 33.2. The van der Waals surface area contributed by atoms with Crippen LogP contribution < -0.4 is 11.2 Å². The van der Waals surface area contributed by atoms with Gasteiger partial charge in [0.2, 0.25) is 0 Å². The number of urea groups is 1. The summed E-state index contributed by atoms with van der Waals surface area (Å²) in [7, 11) is 1.09. The van der Waals surface area contributed by atoms with E-state index in [-0.39, 0.29) is 47.6 Å². The molecule has 5 aliphatic rings. The highest BCUT2D eigenvalue weighted by atomic mass is 16.7. The molecule has 0 spiro atoms. The zero-order chi connectivity index (χ0) is 37.4. The summed E-state index contributed by atoms with van der Waals surface area (Å²) in [6.45, 7) is 7.24. The highest BCUT2D eigenvalue weighted by Gasteiger charge is 2.64. The lowest BCUT2D eigenvalue weighted by molar-refractivity contribution is -0.298. The van der Waals surface area contributed by atoms with E-state index in [4.69, 9.17) is 34.2 Å². The standard InChI is InChI=1S/C35H51N3O13/c1-16(39)48-27-28(49-17(2)40)30(50-18(3)41)32(51-29(27)31(44)46-6)47-15-24(37-38-33(36)45)23-10-9-22-21-8-7-19-13-20(42)11-12-34(19,4)26(21)25(43)14-35(22,23)5/h19-23,26-30,32,42H,7-15H2,1-6H3,(H3,36,38,45)/b37-24+/t19-,20-,21+,22-,23+,26-,27-,28-,29-,30+,32+,34+,35-/m1/s1. The molecule has 1 aliphatic heterocycles. The molecule has 13 atom stereocenters. The summed E-state index contributed by atoms with van der Waals surface area (Å²) in [6.07, 6.45) is -2.38. The van der Waals surface area contributed by atoms with Crippen molar-refractivity contribution >= 4 is 41.4 Å². The lowest BCUT2D eigenvalue weighted by Crippen LogP contribution is -2.64. The predicted octanol–water partition coefficient (Wildman–Crippen LogP) is 1.92. The second-order valence-corrected chi connectivity index (χ2v) is 15.3. The lowest BCUT2D eigenvalue weighted by Gasteiger charge is -2.59. The van der Waals surface area contributed by atoms with Crippen LogP contribution in [0.4, 0.5) is 4.79 Å². The van der Waals surface area contributed by atoms with Crippen molar-refractivity contribution in [3.8, 4) is 0 Å². The van der Waals surface area contributed by atoms with Crippen LogP contribution in [0.3, 0.4) is 0 Å². The number of hydrazone groups is 1. The molecular weight excluding hydrogens is 670 g/mol. The van der Waals surface area contributed by atoms with Gasteiger partial charge in [0.05, 0.1) is 25.5 Å². The van der Waals surface area contributed by atoms with Crippen molar-refractivity contribution in [3.05, 3.63) is 0 Å². The van der Waals surface area contributed by atoms with Crippen molar-refractivity contribution < 1.29 is 62.3 Å². The summed E-state index contributed by atoms with van der Waals surface area (Å²) in [4.78, 5) is 75.6. The summed E-state index contributed by atoms with van der Waals surface area (Å²) in [6, 6.07) is -0.922. The van der Waals surface area contributed by atoms with Crippen molar-refractivity contribution in [3.63, 3.8) is 0 Å². The van der Waals surface area contributed by atoms with E-state index in [1.165, 1.54) is 0 Å². The first-order chi connectivity index (χ1) is 24.0. The number of fused-ring (bicyclic) bond motifs is 5. The number of rotatable bonds is 9. The molecule has 4 saturated carbocycles. The highest BCUT2D eigenvalue weighted by Crippen LogP contribution is 2.66. The number of carbonyl (C=O) groups is 6. The maximum atomic E-state index is 14.2. The number of nitrogens with zero attached hydrogens (tertiary/aromatic N) is 1. The number of nitrogens with two attached hydrogens (primary N) is 1. The lowest BCUT2D eigenvalue weighted by atomic mass is 9.44. The Bertz CT molecular complexity index is 1440. The molecule has 16 nitrogen and oxygen atoms in total. The number of nitrogens with one attached hydrogen (secondary N) is 1. The molecule has 5 fully saturated rings. The number of methoxy groups -OCH3 is 1. The number of primary amides is 1. The molecule has 0 aromatic rings. The molecule has 51 heavy (non-hydrogen) atoms. The third-order valence-corrected chi connectivity index (χ3v) is 12.3. The van der Waals surface area contributed by atoms with E-state index in [0.29, 0.717) is 30.9 Å². The number of ether oxygens (including phenoxy) is 6. The van der Waals surface area contributed by atoms with Crippen LogP contribution >= 0.6 is 0 Å². The van der Waals surface area contributed by atoms with Gasteiger partial charge in [0.1, 0.15) is 5.78 Å². The van der Waals surface area contributed by atoms with Crippen molar-refractivity contribution in [1.29, 1.82) is 0 Å². The number of hydrogen-bond donors (Lipinski definition) is 3. The first-order valence-electron chi connectivity index (χ1n) is 17.7. The van der Waals surface area contributed by atoms with Gasteiger partial charge in [0.15, 0.2) is 30.7 Å². The van der Waals surface area contributed by atoms with Crippen LogP contribution in [0.5, 0.6) is 0 Å². The largest absolute Gasteiger partial charge is 0.467 e. The zero-order valence-electron chi connectivity index (χ0n) is 30.1. The normalized spacial score (nSPS) is 40.5. The molecule has 0 bridgehead atoms. The number of carbonyl (C=O) groups excluding carboxylic acids is 6. The molecule has 2 amide bonds. The SMILES string of the molecule is COC(=O)[C@@H]1O[C@H](OC/C(=N\NC(N)=O)[C@@H]2CC[C@@H]3[C@@H]4CC[C@@H]5C[C@H](O)CC[C@]5(C)[C@H]4C(=O)C[C@]32C)[C@@H](OC(C)=O)[C@H](OC(C)=O)[C@H]1OC(C)=O. The van der Waals surface area contributed by atoms with Crippen molar-refractivity contribution in [1.82, 2.24) is 5.43 Å².